The zero-order valence-electron chi connectivity index (χ0n) is 13.0. The fourth-order valence-electron chi connectivity index (χ4n) is 2.82. The molecule has 0 saturated carbocycles. The summed E-state index contributed by atoms with van der Waals surface area (Å²) in [5, 5.41) is 25.6. The van der Waals surface area contributed by atoms with Crippen molar-refractivity contribution in [2.75, 3.05) is 37.5 Å². The van der Waals surface area contributed by atoms with Crippen LogP contribution in [0.25, 0.3) is 0 Å². The van der Waals surface area contributed by atoms with Crippen molar-refractivity contribution in [1.29, 1.82) is 0 Å². The predicted octanol–water partition coefficient (Wildman–Crippen LogP) is 1.88. The molecule has 0 aliphatic carbocycles. The van der Waals surface area contributed by atoms with Crippen molar-refractivity contribution in [2.24, 2.45) is 0 Å². The van der Waals surface area contributed by atoms with E-state index in [9.17, 15) is 14.9 Å². The predicted molar refractivity (Wildman–Crippen MR) is 85.6 cm³/mol. The van der Waals surface area contributed by atoms with Crippen LogP contribution in [-0.4, -0.2) is 49.4 Å². The molecule has 1 aliphatic heterocycles. The van der Waals surface area contributed by atoms with Gasteiger partial charge in [0.1, 0.15) is 17.1 Å². The number of nitrogens with zero attached hydrogens (tertiary/aromatic N) is 2. The molecule has 1 aromatic carbocycles. The van der Waals surface area contributed by atoms with Crippen LogP contribution in [-0.2, 0) is 0 Å². The van der Waals surface area contributed by atoms with Crippen molar-refractivity contribution in [1.82, 2.24) is 5.32 Å². The molecule has 1 heterocycles. The van der Waals surface area contributed by atoms with Gasteiger partial charge < -0.3 is 25.4 Å². The van der Waals surface area contributed by atoms with Gasteiger partial charge in [0.05, 0.1) is 12.0 Å². The second-order valence-electron chi connectivity index (χ2n) is 5.28. The Balaban J connectivity index is 2.39. The molecule has 1 atom stereocenters. The number of piperidine rings is 1. The molecular formula is C14H20N4O5. The smallest absolute Gasteiger partial charge is 0.404 e. The number of methoxy groups -OCH3 is 1. The van der Waals surface area contributed by atoms with E-state index in [1.54, 1.807) is 19.2 Å². The minimum atomic E-state index is -1.09. The molecule has 0 radical (unpaired) electrons. The van der Waals surface area contributed by atoms with Crippen LogP contribution in [0.1, 0.15) is 12.8 Å². The highest BCUT2D eigenvalue weighted by Crippen LogP contribution is 2.40. The highest BCUT2D eigenvalue weighted by molar-refractivity contribution is 5.79. The summed E-state index contributed by atoms with van der Waals surface area (Å²) in [5.41, 5.74) is 0.748. The van der Waals surface area contributed by atoms with E-state index in [2.05, 4.69) is 10.6 Å². The van der Waals surface area contributed by atoms with E-state index in [4.69, 9.17) is 9.84 Å². The van der Waals surface area contributed by atoms with Crippen LogP contribution in [0.2, 0.25) is 0 Å². The third-order valence-electron chi connectivity index (χ3n) is 3.84. The van der Waals surface area contributed by atoms with Crippen LogP contribution in [0.3, 0.4) is 0 Å². The highest BCUT2D eigenvalue weighted by atomic mass is 16.6. The summed E-state index contributed by atoms with van der Waals surface area (Å²) in [4.78, 5) is 23.7. The number of benzene rings is 1. The molecule has 9 nitrogen and oxygen atoms in total. The summed E-state index contributed by atoms with van der Waals surface area (Å²) in [6.07, 6.45) is 0.362. The molecule has 9 heteroatoms. The third kappa shape index (κ3) is 3.74. The van der Waals surface area contributed by atoms with Gasteiger partial charge in [0.15, 0.2) is 0 Å². The number of hydrogen-bond acceptors (Lipinski definition) is 6. The van der Waals surface area contributed by atoms with E-state index in [0.29, 0.717) is 36.6 Å². The van der Waals surface area contributed by atoms with Gasteiger partial charge in [-0.1, -0.05) is 0 Å². The van der Waals surface area contributed by atoms with E-state index in [1.165, 1.54) is 7.11 Å². The Bertz CT molecular complexity index is 607. The van der Waals surface area contributed by atoms with Crippen LogP contribution < -0.4 is 20.3 Å². The van der Waals surface area contributed by atoms with Crippen LogP contribution >= 0.6 is 0 Å². The highest BCUT2D eigenvalue weighted by Gasteiger charge is 2.29. The van der Waals surface area contributed by atoms with Crippen molar-refractivity contribution in [3.05, 3.63) is 22.2 Å². The van der Waals surface area contributed by atoms with Crippen LogP contribution in [0.5, 0.6) is 5.75 Å². The maximum atomic E-state index is 11.5. The topological polar surface area (TPSA) is 117 Å². The quantitative estimate of drug-likeness (QED) is 0.559. The molecule has 1 aliphatic rings. The van der Waals surface area contributed by atoms with E-state index in [0.717, 1.165) is 6.42 Å². The number of ether oxygens (including phenoxy) is 1. The van der Waals surface area contributed by atoms with Gasteiger partial charge in [-0.15, -0.1) is 0 Å². The SMILES string of the molecule is CNc1cc(OC)cc(N2CCC[C@@H](NC(=O)O)C2)c1[N+](=O)[O-]. The van der Waals surface area contributed by atoms with Gasteiger partial charge in [0.25, 0.3) is 0 Å². The van der Waals surface area contributed by atoms with Crippen molar-refractivity contribution in [3.63, 3.8) is 0 Å². The van der Waals surface area contributed by atoms with Gasteiger partial charge in [-0.2, -0.15) is 0 Å². The largest absolute Gasteiger partial charge is 0.497 e. The molecule has 0 unspecified atom stereocenters. The zero-order chi connectivity index (χ0) is 17.0. The summed E-state index contributed by atoms with van der Waals surface area (Å²) < 4.78 is 5.22. The summed E-state index contributed by atoms with van der Waals surface area (Å²) in [6, 6.07) is 2.92. The number of hydrogen-bond donors (Lipinski definition) is 3. The maximum absolute atomic E-state index is 11.5. The van der Waals surface area contributed by atoms with Crippen molar-refractivity contribution < 1.29 is 19.6 Å². The van der Waals surface area contributed by atoms with E-state index < -0.39 is 11.0 Å². The molecule has 0 bridgehead atoms. The lowest BCUT2D eigenvalue weighted by atomic mass is 10.0. The van der Waals surface area contributed by atoms with Crippen LogP contribution in [0.4, 0.5) is 21.9 Å². The van der Waals surface area contributed by atoms with Gasteiger partial charge in [-0.25, -0.2) is 4.79 Å². The zero-order valence-corrected chi connectivity index (χ0v) is 13.0. The molecule has 3 N–H and O–H groups in total. The lowest BCUT2D eigenvalue weighted by molar-refractivity contribution is -0.383. The first-order valence-corrected chi connectivity index (χ1v) is 7.24. The monoisotopic (exact) mass is 324 g/mol. The first-order chi connectivity index (χ1) is 11.0. The number of carboxylic acid groups (broad SMARTS) is 1. The minimum Gasteiger partial charge on any atom is -0.497 e. The fourth-order valence-corrected chi connectivity index (χ4v) is 2.82. The lowest BCUT2D eigenvalue weighted by Gasteiger charge is -2.34. The lowest BCUT2D eigenvalue weighted by Crippen LogP contribution is -2.47. The Labute approximate surface area is 133 Å². The van der Waals surface area contributed by atoms with Gasteiger partial charge >= 0.3 is 11.8 Å². The van der Waals surface area contributed by atoms with E-state index >= 15 is 0 Å². The summed E-state index contributed by atoms with van der Waals surface area (Å²) in [6.45, 7) is 0.998. The number of nitro groups is 1. The Morgan fingerprint density at radius 2 is 2.26 bits per heavy atom. The fraction of sp³-hybridized carbons (Fsp3) is 0.500. The number of amides is 1. The van der Waals surface area contributed by atoms with Crippen LogP contribution in [0.15, 0.2) is 12.1 Å². The summed E-state index contributed by atoms with van der Waals surface area (Å²) in [5.74, 6) is 0.503. The van der Waals surface area contributed by atoms with Crippen molar-refractivity contribution in [3.8, 4) is 5.75 Å². The van der Waals surface area contributed by atoms with Crippen LogP contribution in [0, 0.1) is 10.1 Å². The Morgan fingerprint density at radius 1 is 1.52 bits per heavy atom. The molecule has 0 aromatic heterocycles. The molecule has 1 aromatic rings. The standard InChI is InChI=1S/C14H20N4O5/c1-15-11-6-10(23-2)7-12(13(11)18(21)22)17-5-3-4-9(8-17)16-14(19)20/h6-7,9,15-16H,3-5,8H2,1-2H3,(H,19,20)/t9-/m1/s1. The second kappa shape index (κ2) is 7.03. The molecule has 1 saturated heterocycles. The molecule has 2 rings (SSSR count). The Morgan fingerprint density at radius 3 is 2.83 bits per heavy atom. The average Bonchev–Trinajstić information content (AvgIpc) is 2.52. The number of nitrogens with one attached hydrogen (secondary N) is 2. The first-order valence-electron chi connectivity index (χ1n) is 7.24. The Kier molecular flexibility index (Phi) is 5.09. The average molecular weight is 324 g/mol. The summed E-state index contributed by atoms with van der Waals surface area (Å²) in [7, 11) is 3.10. The maximum Gasteiger partial charge on any atom is 0.404 e. The number of anilines is 2. The van der Waals surface area contributed by atoms with Gasteiger partial charge in [0, 0.05) is 38.3 Å². The molecule has 0 spiro atoms. The van der Waals surface area contributed by atoms with Gasteiger partial charge in [-0.05, 0) is 12.8 Å². The van der Waals surface area contributed by atoms with Crippen molar-refractivity contribution in [2.45, 2.75) is 18.9 Å². The second-order valence-corrected chi connectivity index (χ2v) is 5.28. The van der Waals surface area contributed by atoms with E-state index in [-0.39, 0.29) is 11.7 Å². The number of nitro benzene ring substituents is 1. The third-order valence-corrected chi connectivity index (χ3v) is 3.84. The number of carbonyl (C=O) groups is 1. The normalized spacial score (nSPS) is 17.5. The Hall–Kier alpha value is -2.71. The first kappa shape index (κ1) is 16.7. The van der Waals surface area contributed by atoms with Crippen molar-refractivity contribution >= 4 is 23.2 Å². The molecule has 23 heavy (non-hydrogen) atoms. The van der Waals surface area contributed by atoms with Gasteiger partial charge in [0.2, 0.25) is 0 Å². The molecule has 1 amide bonds. The number of rotatable bonds is 5. The molecule has 126 valence electrons. The van der Waals surface area contributed by atoms with E-state index in [1.807, 2.05) is 4.90 Å². The van der Waals surface area contributed by atoms with Gasteiger partial charge in [-0.3, -0.25) is 10.1 Å². The molecular weight excluding hydrogens is 304 g/mol. The minimum absolute atomic E-state index is 0.0377. The molecule has 1 fully saturated rings. The summed E-state index contributed by atoms with van der Waals surface area (Å²) >= 11 is 0.